The van der Waals surface area contributed by atoms with Crippen molar-refractivity contribution in [2.75, 3.05) is 17.2 Å². The minimum absolute atomic E-state index is 0.253. The molecule has 3 amide bonds. The summed E-state index contributed by atoms with van der Waals surface area (Å²) in [5.74, 6) is -1.75. The molecule has 6 N–H and O–H groups in total. The number of nitrogens with two attached hydrogens (primary N) is 1. The summed E-state index contributed by atoms with van der Waals surface area (Å²) < 4.78 is 5.10. The van der Waals surface area contributed by atoms with Crippen LogP contribution in [0.1, 0.15) is 49.1 Å². The molecule has 0 aliphatic heterocycles. The molecular formula is C25H29N5O5. The summed E-state index contributed by atoms with van der Waals surface area (Å²) in [6.45, 7) is 1.69. The summed E-state index contributed by atoms with van der Waals surface area (Å²) in [7, 11) is 0. The first kappa shape index (κ1) is 25.3. The molecule has 10 heteroatoms. The number of aryl methyl sites for hydroxylation is 1. The number of hydrogen-bond donors (Lipinski definition) is 5. The normalized spacial score (nSPS) is 11.5. The van der Waals surface area contributed by atoms with E-state index in [1.807, 2.05) is 24.3 Å². The first-order chi connectivity index (χ1) is 16.9. The highest BCUT2D eigenvalue weighted by Gasteiger charge is 2.24. The predicted octanol–water partition coefficient (Wildman–Crippen LogP) is 3.87. The summed E-state index contributed by atoms with van der Waals surface area (Å²) in [6.07, 6.45) is 5.91. The van der Waals surface area contributed by atoms with Gasteiger partial charge in [-0.25, -0.2) is 14.6 Å². The van der Waals surface area contributed by atoms with Crippen LogP contribution in [0.4, 0.5) is 16.3 Å². The van der Waals surface area contributed by atoms with Crippen molar-refractivity contribution >= 4 is 29.4 Å². The molecule has 3 aromatic rings. The number of aliphatic carboxylic acids is 1. The Bertz CT molecular complexity index is 1140. The Morgan fingerprint density at radius 2 is 1.77 bits per heavy atom. The number of aromatic amines is 1. The van der Waals surface area contributed by atoms with Crippen LogP contribution < -0.4 is 21.1 Å². The number of carboxylic acids is 1. The molecule has 35 heavy (non-hydrogen) atoms. The number of H-pyrrole nitrogens is 1. The number of primary amides is 1. The molecule has 0 bridgehead atoms. The number of urea groups is 1. The van der Waals surface area contributed by atoms with E-state index >= 15 is 0 Å². The Balaban J connectivity index is 1.60. The molecule has 0 spiro atoms. The summed E-state index contributed by atoms with van der Waals surface area (Å²) in [5, 5.41) is 14.1. The van der Waals surface area contributed by atoms with Gasteiger partial charge in [0, 0.05) is 5.69 Å². The molecule has 1 aromatic heterocycles. The number of benzene rings is 2. The Hall–Kier alpha value is -4.34. The number of aromatic nitrogens is 2. The van der Waals surface area contributed by atoms with Gasteiger partial charge in [0.05, 0.1) is 6.20 Å². The second kappa shape index (κ2) is 12.2. The van der Waals surface area contributed by atoms with Gasteiger partial charge in [-0.3, -0.25) is 10.1 Å². The molecule has 1 unspecified atom stereocenters. The molecule has 1 atom stereocenters. The summed E-state index contributed by atoms with van der Waals surface area (Å²) in [5.41, 5.74) is 8.00. The monoisotopic (exact) mass is 479 g/mol. The first-order valence-electron chi connectivity index (χ1n) is 11.3. The van der Waals surface area contributed by atoms with E-state index < -0.39 is 30.4 Å². The standard InChI is InChI=1S/C25H29N5O5/c1-2-3-4-5-16-6-10-18(11-7-16)28-25(34)30-20-14-27-24(29-20)22(23(26)33)17-8-12-19(13-9-17)35-15-21(31)32/h6-14,22H,2-5,15H2,1H3,(H2,26,33)(H,27,29)(H,31,32)(H2,28,30,34). The zero-order chi connectivity index (χ0) is 25.2. The molecule has 2 aromatic carbocycles. The lowest BCUT2D eigenvalue weighted by molar-refractivity contribution is -0.139. The van der Waals surface area contributed by atoms with Crippen LogP contribution >= 0.6 is 0 Å². The number of ether oxygens (including phenoxy) is 1. The number of amides is 3. The molecule has 10 nitrogen and oxygen atoms in total. The summed E-state index contributed by atoms with van der Waals surface area (Å²) >= 11 is 0. The van der Waals surface area contributed by atoms with Gasteiger partial charge in [0.25, 0.3) is 0 Å². The molecule has 0 saturated carbocycles. The van der Waals surface area contributed by atoms with Crippen LogP contribution in [-0.2, 0) is 16.0 Å². The van der Waals surface area contributed by atoms with Gasteiger partial charge in [-0.2, -0.15) is 0 Å². The number of nitrogens with zero attached hydrogens (tertiary/aromatic N) is 1. The minimum Gasteiger partial charge on any atom is -0.482 e. The Kier molecular flexibility index (Phi) is 8.82. The topological polar surface area (TPSA) is 159 Å². The number of carbonyl (C=O) groups excluding carboxylic acids is 2. The van der Waals surface area contributed by atoms with Crippen LogP contribution in [0, 0.1) is 0 Å². The lowest BCUT2D eigenvalue weighted by Gasteiger charge is -2.12. The van der Waals surface area contributed by atoms with E-state index in [2.05, 4.69) is 27.5 Å². The SMILES string of the molecule is CCCCCc1ccc(NC(=O)Nc2cnc(C(C(N)=O)c3ccc(OCC(=O)O)cc3)[nH]2)cc1. The Labute approximate surface area is 202 Å². The molecule has 0 aliphatic carbocycles. The molecule has 3 rings (SSSR count). The lowest BCUT2D eigenvalue weighted by Crippen LogP contribution is -2.23. The van der Waals surface area contributed by atoms with E-state index in [4.69, 9.17) is 15.6 Å². The molecule has 0 fully saturated rings. The molecule has 0 aliphatic rings. The highest BCUT2D eigenvalue weighted by Crippen LogP contribution is 2.25. The van der Waals surface area contributed by atoms with E-state index in [0.29, 0.717) is 22.8 Å². The van der Waals surface area contributed by atoms with Crippen molar-refractivity contribution < 1.29 is 24.2 Å². The number of rotatable bonds is 12. The highest BCUT2D eigenvalue weighted by atomic mass is 16.5. The van der Waals surface area contributed by atoms with Gasteiger partial charge in [0.15, 0.2) is 6.61 Å². The average Bonchev–Trinajstić information content (AvgIpc) is 3.27. The number of anilines is 2. The van der Waals surface area contributed by atoms with Crippen LogP contribution in [0.25, 0.3) is 0 Å². The number of hydrogen-bond acceptors (Lipinski definition) is 5. The third kappa shape index (κ3) is 7.60. The smallest absolute Gasteiger partial charge is 0.341 e. The van der Waals surface area contributed by atoms with E-state index in [0.717, 1.165) is 12.8 Å². The predicted molar refractivity (Wildman–Crippen MR) is 132 cm³/mol. The van der Waals surface area contributed by atoms with E-state index in [-0.39, 0.29) is 5.82 Å². The van der Waals surface area contributed by atoms with Crippen molar-refractivity contribution in [1.82, 2.24) is 9.97 Å². The van der Waals surface area contributed by atoms with Crippen LogP contribution in [0.5, 0.6) is 5.75 Å². The van der Waals surface area contributed by atoms with Gasteiger partial charge in [0.2, 0.25) is 5.91 Å². The fourth-order valence-corrected chi connectivity index (χ4v) is 3.52. The second-order valence-electron chi connectivity index (χ2n) is 8.00. The van der Waals surface area contributed by atoms with Crippen LogP contribution in [0.15, 0.2) is 54.7 Å². The van der Waals surface area contributed by atoms with Crippen molar-refractivity contribution in [3.8, 4) is 5.75 Å². The molecular weight excluding hydrogens is 450 g/mol. The van der Waals surface area contributed by atoms with Crippen LogP contribution in [0.3, 0.4) is 0 Å². The molecule has 1 heterocycles. The van der Waals surface area contributed by atoms with E-state index in [1.165, 1.54) is 24.6 Å². The Morgan fingerprint density at radius 1 is 1.06 bits per heavy atom. The highest BCUT2D eigenvalue weighted by molar-refractivity contribution is 5.99. The zero-order valence-electron chi connectivity index (χ0n) is 19.4. The maximum absolute atomic E-state index is 12.4. The van der Waals surface area contributed by atoms with Crippen molar-refractivity contribution in [3.05, 3.63) is 71.7 Å². The van der Waals surface area contributed by atoms with E-state index in [9.17, 15) is 14.4 Å². The number of unbranched alkanes of at least 4 members (excludes halogenated alkanes) is 2. The minimum atomic E-state index is -1.09. The first-order valence-corrected chi connectivity index (χ1v) is 11.3. The fraction of sp³-hybridized carbons (Fsp3) is 0.280. The van der Waals surface area contributed by atoms with Gasteiger partial charge in [0.1, 0.15) is 23.3 Å². The molecule has 184 valence electrons. The second-order valence-corrected chi connectivity index (χ2v) is 8.00. The van der Waals surface area contributed by atoms with Crippen molar-refractivity contribution in [2.24, 2.45) is 5.73 Å². The van der Waals surface area contributed by atoms with E-state index in [1.54, 1.807) is 24.3 Å². The Morgan fingerprint density at radius 3 is 2.40 bits per heavy atom. The van der Waals surface area contributed by atoms with Crippen molar-refractivity contribution in [3.63, 3.8) is 0 Å². The van der Waals surface area contributed by atoms with Crippen molar-refractivity contribution in [2.45, 2.75) is 38.5 Å². The maximum atomic E-state index is 12.4. The number of imidazole rings is 1. The van der Waals surface area contributed by atoms with Crippen LogP contribution in [0.2, 0.25) is 0 Å². The van der Waals surface area contributed by atoms with Gasteiger partial charge < -0.3 is 25.9 Å². The zero-order valence-corrected chi connectivity index (χ0v) is 19.4. The summed E-state index contributed by atoms with van der Waals surface area (Å²) in [6, 6.07) is 13.5. The maximum Gasteiger partial charge on any atom is 0.341 e. The van der Waals surface area contributed by atoms with Gasteiger partial charge >= 0.3 is 12.0 Å². The summed E-state index contributed by atoms with van der Waals surface area (Å²) in [4.78, 5) is 42.3. The average molecular weight is 480 g/mol. The molecule has 0 saturated heterocycles. The third-order valence-electron chi connectivity index (χ3n) is 5.26. The molecule has 0 radical (unpaired) electrons. The van der Waals surface area contributed by atoms with Gasteiger partial charge in [-0.1, -0.05) is 44.0 Å². The number of nitrogens with one attached hydrogen (secondary N) is 3. The largest absolute Gasteiger partial charge is 0.482 e. The van der Waals surface area contributed by atoms with Gasteiger partial charge in [-0.15, -0.1) is 0 Å². The number of carbonyl (C=O) groups is 3. The van der Waals surface area contributed by atoms with Gasteiger partial charge in [-0.05, 0) is 48.2 Å². The fourth-order valence-electron chi connectivity index (χ4n) is 3.52. The van der Waals surface area contributed by atoms with Crippen LogP contribution in [-0.4, -0.2) is 39.6 Å². The number of carboxylic acid groups (broad SMARTS) is 1. The third-order valence-corrected chi connectivity index (χ3v) is 5.26. The quantitative estimate of drug-likeness (QED) is 0.248. The van der Waals surface area contributed by atoms with Crippen molar-refractivity contribution in [1.29, 1.82) is 0 Å². The lowest BCUT2D eigenvalue weighted by atomic mass is 9.98.